The smallest absolute Gasteiger partial charge is 0.407 e. The number of carbonyl (C=O) groups is 2. The fraction of sp³-hybridized carbons (Fsp3) is 0.400. The number of carbonyl (C=O) groups excluding carboxylic acids is 2. The van der Waals surface area contributed by atoms with Gasteiger partial charge in [0.25, 0.3) is 0 Å². The molecule has 3 saturated heterocycles. The van der Waals surface area contributed by atoms with E-state index in [2.05, 4.69) is 74.8 Å². The summed E-state index contributed by atoms with van der Waals surface area (Å²) in [6, 6.07) is 28.1. The van der Waals surface area contributed by atoms with Gasteiger partial charge in [0.1, 0.15) is 36.3 Å². The second kappa shape index (κ2) is 17.8. The van der Waals surface area contributed by atoms with E-state index < -0.39 is 18.4 Å². The lowest BCUT2D eigenvalue weighted by molar-refractivity contribution is -0.137. The molecule has 3 fully saturated rings. The summed E-state index contributed by atoms with van der Waals surface area (Å²) in [4.78, 5) is 49.5. The van der Waals surface area contributed by atoms with Gasteiger partial charge in [-0.2, -0.15) is 0 Å². The Bertz CT molecular complexity index is 2640. The van der Waals surface area contributed by atoms with E-state index in [0.29, 0.717) is 32.9 Å². The van der Waals surface area contributed by atoms with Gasteiger partial charge in [-0.1, -0.05) is 60.7 Å². The zero-order chi connectivity index (χ0) is 43.9. The number of fused-ring (bicyclic) bond motifs is 4. The molecule has 0 aliphatic carbocycles. The number of amides is 2. The van der Waals surface area contributed by atoms with Gasteiger partial charge in [-0.05, 0) is 110 Å². The number of benzene rings is 4. The van der Waals surface area contributed by atoms with Crippen LogP contribution in [0.2, 0.25) is 0 Å². The Morgan fingerprint density at radius 3 is 2.36 bits per heavy atom. The van der Waals surface area contributed by atoms with Crippen LogP contribution in [0, 0.1) is 5.92 Å². The number of alkyl carbamates (subject to hydrolysis) is 1. The van der Waals surface area contributed by atoms with Crippen LogP contribution in [0.3, 0.4) is 0 Å². The van der Waals surface area contributed by atoms with Gasteiger partial charge >= 0.3 is 6.09 Å². The van der Waals surface area contributed by atoms with Crippen molar-refractivity contribution < 1.29 is 28.9 Å². The Hall–Kier alpha value is -6.06. The lowest BCUT2D eigenvalue weighted by Gasteiger charge is -2.39. The van der Waals surface area contributed by atoms with Crippen LogP contribution in [0.4, 0.5) is 4.79 Å². The molecule has 6 heterocycles. The van der Waals surface area contributed by atoms with Crippen molar-refractivity contribution in [3.05, 3.63) is 114 Å². The zero-order valence-corrected chi connectivity index (χ0v) is 36.6. The monoisotopic (exact) mass is 864 g/mol. The number of aliphatic hydroxyl groups excluding tert-OH is 1. The summed E-state index contributed by atoms with van der Waals surface area (Å²) in [6.07, 6.45) is 5.45. The number of aliphatic hydroxyl groups is 1. The van der Waals surface area contributed by atoms with Crippen LogP contribution >= 0.6 is 0 Å². The highest BCUT2D eigenvalue weighted by Gasteiger charge is 2.42. The van der Waals surface area contributed by atoms with Gasteiger partial charge in [0, 0.05) is 37.4 Å². The number of H-pyrrole nitrogens is 2. The number of rotatable bonds is 11. The topological polar surface area (TPSA) is 161 Å². The minimum atomic E-state index is -0.914. The van der Waals surface area contributed by atoms with E-state index in [4.69, 9.17) is 24.2 Å². The molecule has 332 valence electrons. The highest BCUT2D eigenvalue weighted by molar-refractivity contribution is 5.91. The van der Waals surface area contributed by atoms with Crippen LogP contribution < -0.4 is 10.1 Å². The molecule has 4 aromatic carbocycles. The van der Waals surface area contributed by atoms with E-state index in [1.165, 1.54) is 7.11 Å². The quantitative estimate of drug-likeness (QED) is 0.101. The molecule has 2 aromatic heterocycles. The number of aromatic nitrogens is 4. The molecular formula is C50H56N8O6. The number of likely N-dealkylation sites (N-methyl/N-ethyl adjacent to an activating group) is 1. The molecule has 4 N–H and O–H groups in total. The van der Waals surface area contributed by atoms with Gasteiger partial charge in [-0.3, -0.25) is 14.6 Å². The van der Waals surface area contributed by atoms with E-state index in [0.717, 1.165) is 112 Å². The maximum atomic E-state index is 14.0. The van der Waals surface area contributed by atoms with E-state index in [-0.39, 0.29) is 30.0 Å². The molecule has 5 unspecified atom stereocenters. The summed E-state index contributed by atoms with van der Waals surface area (Å²) in [7, 11) is 5.26. The lowest BCUT2D eigenvalue weighted by Crippen LogP contribution is -2.56. The molecule has 5 atom stereocenters. The normalized spacial score (nSPS) is 20.4. The Kier molecular flexibility index (Phi) is 11.7. The predicted octanol–water partition coefficient (Wildman–Crippen LogP) is 7.75. The van der Waals surface area contributed by atoms with Crippen molar-refractivity contribution in [3.8, 4) is 39.4 Å². The van der Waals surface area contributed by atoms with Crippen LogP contribution in [-0.4, -0.2) is 112 Å². The van der Waals surface area contributed by atoms with Crippen LogP contribution in [0.15, 0.2) is 91.1 Å². The Morgan fingerprint density at radius 2 is 1.58 bits per heavy atom. The molecule has 14 nitrogen and oxygen atoms in total. The van der Waals surface area contributed by atoms with Crippen LogP contribution in [0.5, 0.6) is 5.75 Å². The molecule has 4 aliphatic heterocycles. The number of nitrogens with zero attached hydrogens (tertiary/aromatic N) is 5. The summed E-state index contributed by atoms with van der Waals surface area (Å²) in [5.74, 6) is 2.55. The SMILES string of the molecule is COC(=O)NC(C1CCOCC1)C(O)N1CCCC1c1nc2c([nH]1)COc1cc(-c3ccc4cc(-c5cnc(C6CCCN6C(=O)C(c6ccccc6)N(C)C)[nH]5)ccc4c3)ccc1-2. The summed E-state index contributed by atoms with van der Waals surface area (Å²) in [6.45, 7) is 2.95. The van der Waals surface area contributed by atoms with E-state index >= 15 is 0 Å². The number of methoxy groups -OCH3 is 1. The first-order chi connectivity index (χ1) is 31.2. The fourth-order valence-electron chi connectivity index (χ4n) is 10.4. The van der Waals surface area contributed by atoms with Gasteiger partial charge < -0.3 is 39.5 Å². The van der Waals surface area contributed by atoms with Crippen molar-refractivity contribution in [1.82, 2.24) is 40.0 Å². The van der Waals surface area contributed by atoms with Gasteiger partial charge in [-0.25, -0.2) is 14.8 Å². The van der Waals surface area contributed by atoms with E-state index in [9.17, 15) is 14.7 Å². The molecule has 2 amide bonds. The lowest BCUT2D eigenvalue weighted by atomic mass is 9.90. The fourth-order valence-corrected chi connectivity index (χ4v) is 10.4. The molecule has 64 heavy (non-hydrogen) atoms. The number of nitrogens with one attached hydrogen (secondary N) is 3. The van der Waals surface area contributed by atoms with Gasteiger partial charge in [-0.15, -0.1) is 0 Å². The molecule has 0 bridgehead atoms. The minimum Gasteiger partial charge on any atom is -0.487 e. The minimum absolute atomic E-state index is 0.0651. The maximum absolute atomic E-state index is 14.0. The van der Waals surface area contributed by atoms with Crippen molar-refractivity contribution in [2.75, 3.05) is 47.5 Å². The summed E-state index contributed by atoms with van der Waals surface area (Å²) >= 11 is 0. The van der Waals surface area contributed by atoms with Crippen molar-refractivity contribution >= 4 is 22.8 Å². The van der Waals surface area contributed by atoms with E-state index in [1.54, 1.807) is 0 Å². The number of hydrogen-bond acceptors (Lipinski definition) is 10. The standard InChI is InChI=1S/C50H56N8O6/c1-56(2)45(31-9-5-4-6-10-31)49(60)58-22-7-11-40(58)46-51-28-38(52-46)36-16-15-32-25-33(13-14-34(32)26-36)35-17-18-37-42(27-35)64-29-39-44(37)54-47(53-39)41-12-8-21-57(41)48(59)43(55-50(61)62-3)30-19-23-63-24-20-30/h4-6,9-10,13-18,25-28,30,40-41,43,45,48,59H,7-8,11-12,19-24,29H2,1-3H3,(H,51,52)(H,53,54)(H,55,61). The molecule has 4 aliphatic rings. The Labute approximate surface area is 372 Å². The molecule has 10 rings (SSSR count). The molecule has 0 saturated carbocycles. The van der Waals surface area contributed by atoms with Crippen LogP contribution in [0.1, 0.15) is 79.6 Å². The summed E-state index contributed by atoms with van der Waals surface area (Å²) in [5.41, 5.74) is 7.77. The Morgan fingerprint density at radius 1 is 0.859 bits per heavy atom. The van der Waals surface area contributed by atoms with Crippen molar-refractivity contribution in [1.29, 1.82) is 0 Å². The third-order valence-corrected chi connectivity index (χ3v) is 13.7. The van der Waals surface area contributed by atoms with Crippen LogP contribution in [-0.2, 0) is 20.9 Å². The first-order valence-electron chi connectivity index (χ1n) is 22.6. The third kappa shape index (κ3) is 8.04. The molecule has 14 heteroatoms. The summed E-state index contributed by atoms with van der Waals surface area (Å²) < 4.78 is 16.9. The average Bonchev–Trinajstić information content (AvgIpc) is 4.17. The highest BCUT2D eigenvalue weighted by atomic mass is 16.5. The van der Waals surface area contributed by atoms with Crippen molar-refractivity contribution in [2.45, 2.75) is 75.5 Å². The zero-order valence-electron chi connectivity index (χ0n) is 36.6. The summed E-state index contributed by atoms with van der Waals surface area (Å²) in [5, 5.41) is 17.0. The second-order valence-electron chi connectivity index (χ2n) is 17.8. The highest BCUT2D eigenvalue weighted by Crippen LogP contribution is 2.43. The Balaban J connectivity index is 0.843. The predicted molar refractivity (Wildman–Crippen MR) is 243 cm³/mol. The van der Waals surface area contributed by atoms with Gasteiger partial charge in [0.2, 0.25) is 5.91 Å². The average molecular weight is 865 g/mol. The second-order valence-corrected chi connectivity index (χ2v) is 17.8. The first-order valence-corrected chi connectivity index (χ1v) is 22.6. The maximum Gasteiger partial charge on any atom is 0.407 e. The molecular weight excluding hydrogens is 809 g/mol. The van der Waals surface area contributed by atoms with Crippen molar-refractivity contribution in [3.63, 3.8) is 0 Å². The van der Waals surface area contributed by atoms with Crippen molar-refractivity contribution in [2.24, 2.45) is 5.92 Å². The van der Waals surface area contributed by atoms with Gasteiger partial charge in [0.15, 0.2) is 0 Å². The van der Waals surface area contributed by atoms with Gasteiger partial charge in [0.05, 0.1) is 48.5 Å². The van der Waals surface area contributed by atoms with E-state index in [1.807, 2.05) is 60.4 Å². The third-order valence-electron chi connectivity index (χ3n) is 13.7. The number of ether oxygens (including phenoxy) is 3. The first kappa shape index (κ1) is 41.9. The van der Waals surface area contributed by atoms with Crippen LogP contribution in [0.25, 0.3) is 44.4 Å². The number of hydrogen-bond donors (Lipinski definition) is 4. The number of aromatic amines is 2. The number of imidazole rings is 2. The molecule has 0 spiro atoms. The molecule has 0 radical (unpaired) electrons. The largest absolute Gasteiger partial charge is 0.487 e. The molecule has 6 aromatic rings. The number of likely N-dealkylation sites (tertiary alicyclic amines) is 2.